The van der Waals surface area contributed by atoms with Gasteiger partial charge < -0.3 is 19.9 Å². The van der Waals surface area contributed by atoms with Gasteiger partial charge in [-0.1, -0.05) is 44.1 Å². The Kier molecular flexibility index (Phi) is 5.85. The van der Waals surface area contributed by atoms with Crippen molar-refractivity contribution in [2.24, 2.45) is 0 Å². The summed E-state index contributed by atoms with van der Waals surface area (Å²) in [4.78, 5) is 20.9. The molecule has 0 unspecified atom stereocenters. The summed E-state index contributed by atoms with van der Waals surface area (Å²) in [7, 11) is 0. The second-order valence-corrected chi connectivity index (χ2v) is 8.12. The van der Waals surface area contributed by atoms with Gasteiger partial charge in [-0.3, -0.25) is 0 Å². The number of nitrogens with one attached hydrogen (secondary N) is 2. The third kappa shape index (κ3) is 4.92. The van der Waals surface area contributed by atoms with Crippen LogP contribution in [0.1, 0.15) is 26.3 Å². The Balaban J connectivity index is 1.47. The number of rotatable bonds is 5. The maximum Gasteiger partial charge on any atom is 0.323 e. The lowest BCUT2D eigenvalue weighted by Gasteiger charge is -2.22. The Bertz CT molecular complexity index is 1200. The lowest BCUT2D eigenvalue weighted by atomic mass is 9.86. The molecule has 2 heterocycles. The van der Waals surface area contributed by atoms with E-state index in [9.17, 15) is 4.79 Å². The fraction of sp³-hybridized carbons (Fsp3) is 0.167. The van der Waals surface area contributed by atoms with E-state index >= 15 is 0 Å². The van der Waals surface area contributed by atoms with Crippen LogP contribution in [0.4, 0.5) is 16.2 Å². The van der Waals surface area contributed by atoms with Crippen LogP contribution in [-0.2, 0) is 5.41 Å². The Morgan fingerprint density at radius 2 is 1.72 bits per heavy atom. The number of urea groups is 1. The number of carbonyl (C=O) groups excluding carboxylic acids is 1. The number of ether oxygens (including phenoxy) is 1. The van der Waals surface area contributed by atoms with Gasteiger partial charge in [0, 0.05) is 23.0 Å². The summed E-state index contributed by atoms with van der Waals surface area (Å²) in [5.74, 6) is 1.49. The zero-order valence-electron chi connectivity index (χ0n) is 18.0. The number of pyridine rings is 1. The van der Waals surface area contributed by atoms with E-state index in [1.165, 1.54) is 6.39 Å². The van der Waals surface area contributed by atoms with Crippen LogP contribution in [-0.4, -0.2) is 21.2 Å². The molecular formula is C24H23N5O3. The molecule has 0 atom stereocenters. The fourth-order valence-electron chi connectivity index (χ4n) is 3.13. The van der Waals surface area contributed by atoms with Crippen LogP contribution in [0.2, 0.25) is 0 Å². The lowest BCUT2D eigenvalue weighted by molar-refractivity contribution is 0.262. The summed E-state index contributed by atoms with van der Waals surface area (Å²) < 4.78 is 10.9. The minimum atomic E-state index is -0.417. The Morgan fingerprint density at radius 1 is 0.938 bits per heavy atom. The van der Waals surface area contributed by atoms with Gasteiger partial charge in [-0.2, -0.15) is 4.98 Å². The molecule has 0 saturated carbocycles. The van der Waals surface area contributed by atoms with Crippen LogP contribution < -0.4 is 15.4 Å². The normalized spacial score (nSPS) is 11.1. The monoisotopic (exact) mass is 429 g/mol. The van der Waals surface area contributed by atoms with Gasteiger partial charge in [0.25, 0.3) is 0 Å². The Hall–Kier alpha value is -4.20. The molecule has 32 heavy (non-hydrogen) atoms. The van der Waals surface area contributed by atoms with Crippen molar-refractivity contribution < 1.29 is 14.1 Å². The van der Waals surface area contributed by atoms with Crippen LogP contribution in [0.25, 0.3) is 11.4 Å². The third-order valence-electron chi connectivity index (χ3n) is 4.68. The van der Waals surface area contributed by atoms with E-state index in [0.717, 1.165) is 11.1 Å². The van der Waals surface area contributed by atoms with Crippen LogP contribution in [0.15, 0.2) is 77.8 Å². The van der Waals surface area contributed by atoms with E-state index in [-0.39, 0.29) is 5.41 Å². The highest BCUT2D eigenvalue weighted by Gasteiger charge is 2.20. The number of hydrogen-bond donors (Lipinski definition) is 2. The third-order valence-corrected chi connectivity index (χ3v) is 4.68. The first-order valence-electron chi connectivity index (χ1n) is 10.1. The number of carbonyl (C=O) groups is 1. The summed E-state index contributed by atoms with van der Waals surface area (Å²) in [5, 5.41) is 9.39. The highest BCUT2D eigenvalue weighted by atomic mass is 16.5. The number of anilines is 2. The van der Waals surface area contributed by atoms with E-state index in [4.69, 9.17) is 9.26 Å². The average Bonchev–Trinajstić information content (AvgIpc) is 3.30. The van der Waals surface area contributed by atoms with Crippen LogP contribution in [0.3, 0.4) is 0 Å². The molecule has 2 aromatic heterocycles. The van der Waals surface area contributed by atoms with Crippen molar-refractivity contribution in [3.8, 4) is 23.0 Å². The molecule has 4 aromatic rings. The predicted molar refractivity (Wildman–Crippen MR) is 122 cm³/mol. The minimum Gasteiger partial charge on any atom is -0.437 e. The number of benzene rings is 2. The molecule has 2 aromatic carbocycles. The van der Waals surface area contributed by atoms with Crippen molar-refractivity contribution in [1.82, 2.24) is 15.1 Å². The smallest absolute Gasteiger partial charge is 0.323 e. The topological polar surface area (TPSA) is 102 Å². The Labute approximate surface area is 185 Å². The molecule has 0 bridgehead atoms. The first-order valence-corrected chi connectivity index (χ1v) is 10.1. The highest BCUT2D eigenvalue weighted by Crippen LogP contribution is 2.35. The first-order chi connectivity index (χ1) is 15.4. The zero-order valence-corrected chi connectivity index (χ0v) is 18.0. The first kappa shape index (κ1) is 21.0. The quantitative estimate of drug-likeness (QED) is 0.412. The zero-order chi connectivity index (χ0) is 22.6. The summed E-state index contributed by atoms with van der Waals surface area (Å²) in [6.07, 6.45) is 2.89. The number of aromatic nitrogens is 3. The van der Waals surface area contributed by atoms with E-state index < -0.39 is 6.03 Å². The van der Waals surface area contributed by atoms with Crippen LogP contribution in [0, 0.1) is 0 Å². The second-order valence-electron chi connectivity index (χ2n) is 8.12. The number of hydrogen-bond acceptors (Lipinski definition) is 6. The van der Waals surface area contributed by atoms with E-state index in [2.05, 4.69) is 46.5 Å². The van der Waals surface area contributed by atoms with Gasteiger partial charge in [-0.15, -0.1) is 0 Å². The molecule has 0 spiro atoms. The summed E-state index contributed by atoms with van der Waals surface area (Å²) >= 11 is 0. The highest BCUT2D eigenvalue weighted by molar-refractivity contribution is 6.00. The lowest BCUT2D eigenvalue weighted by Crippen LogP contribution is -2.20. The number of para-hydroxylation sites is 1. The van der Waals surface area contributed by atoms with Crippen LogP contribution in [0.5, 0.6) is 11.6 Å². The molecule has 0 aliphatic heterocycles. The molecule has 2 amide bonds. The maximum absolute atomic E-state index is 12.6. The Morgan fingerprint density at radius 3 is 2.44 bits per heavy atom. The van der Waals surface area contributed by atoms with Crippen molar-refractivity contribution in [2.45, 2.75) is 26.2 Å². The molecule has 0 saturated heterocycles. The molecule has 0 aliphatic rings. The molecule has 4 rings (SSSR count). The second kappa shape index (κ2) is 8.89. The van der Waals surface area contributed by atoms with Gasteiger partial charge in [0.15, 0.2) is 0 Å². The van der Waals surface area contributed by atoms with E-state index in [1.54, 1.807) is 42.6 Å². The van der Waals surface area contributed by atoms with Crippen LogP contribution >= 0.6 is 0 Å². The summed E-state index contributed by atoms with van der Waals surface area (Å²) in [6, 6.07) is 18.0. The molecule has 2 N–H and O–H groups in total. The van der Waals surface area contributed by atoms with Gasteiger partial charge in [0.05, 0.1) is 0 Å². The number of nitrogens with zero attached hydrogens (tertiary/aromatic N) is 3. The molecule has 0 fully saturated rings. The fourth-order valence-corrected chi connectivity index (χ4v) is 3.13. The molecule has 0 aliphatic carbocycles. The van der Waals surface area contributed by atoms with Gasteiger partial charge in [0.1, 0.15) is 11.4 Å². The average molecular weight is 429 g/mol. The largest absolute Gasteiger partial charge is 0.437 e. The van der Waals surface area contributed by atoms with Crippen molar-refractivity contribution >= 4 is 17.4 Å². The SMILES string of the molecule is CC(C)(C)c1ccccc1Oc1ncccc1NC(=O)Nc1ccc(-c2ncon2)cc1. The van der Waals surface area contributed by atoms with E-state index in [1.807, 2.05) is 24.3 Å². The van der Waals surface area contributed by atoms with Gasteiger partial charge in [0.2, 0.25) is 18.1 Å². The molecule has 0 radical (unpaired) electrons. The number of amides is 2. The van der Waals surface area contributed by atoms with Gasteiger partial charge in [-0.25, -0.2) is 9.78 Å². The molecular weight excluding hydrogens is 406 g/mol. The van der Waals surface area contributed by atoms with E-state index in [0.29, 0.717) is 28.8 Å². The molecule has 8 nitrogen and oxygen atoms in total. The van der Waals surface area contributed by atoms with Crippen molar-refractivity contribution in [3.63, 3.8) is 0 Å². The van der Waals surface area contributed by atoms with Crippen molar-refractivity contribution in [1.29, 1.82) is 0 Å². The minimum absolute atomic E-state index is 0.107. The standard InChI is InChI=1S/C24H23N5O3/c1-24(2,3)18-7-4-5-9-20(18)32-22-19(8-6-14-25-22)28-23(30)27-17-12-10-16(11-13-17)21-26-15-31-29-21/h4-15H,1-3H3,(H2,27,28,30). The molecule has 162 valence electrons. The van der Waals surface area contributed by atoms with Gasteiger partial charge >= 0.3 is 6.03 Å². The van der Waals surface area contributed by atoms with Gasteiger partial charge in [-0.05, 0) is 47.9 Å². The predicted octanol–water partition coefficient (Wildman–Crippen LogP) is 5.87. The maximum atomic E-state index is 12.6. The summed E-state index contributed by atoms with van der Waals surface area (Å²) in [5.41, 5.74) is 2.79. The van der Waals surface area contributed by atoms with Crippen molar-refractivity contribution in [2.75, 3.05) is 10.6 Å². The summed E-state index contributed by atoms with van der Waals surface area (Å²) in [6.45, 7) is 6.35. The van der Waals surface area contributed by atoms with Crippen molar-refractivity contribution in [3.05, 3.63) is 78.8 Å². The molecule has 8 heteroatoms.